The lowest BCUT2D eigenvalue weighted by atomic mass is 10.1. The van der Waals surface area contributed by atoms with Crippen molar-refractivity contribution in [3.05, 3.63) is 64.4 Å². The highest BCUT2D eigenvalue weighted by Gasteiger charge is 2.17. The van der Waals surface area contributed by atoms with E-state index < -0.39 is 0 Å². The fourth-order valence-electron chi connectivity index (χ4n) is 3.65. The van der Waals surface area contributed by atoms with Gasteiger partial charge in [0.05, 0.1) is 36.1 Å². The highest BCUT2D eigenvalue weighted by atomic mass is 32.1. The van der Waals surface area contributed by atoms with E-state index in [4.69, 9.17) is 9.47 Å². The van der Waals surface area contributed by atoms with Crippen LogP contribution in [0.5, 0.6) is 5.75 Å². The summed E-state index contributed by atoms with van der Waals surface area (Å²) in [4.78, 5) is 22.4. The van der Waals surface area contributed by atoms with E-state index in [-0.39, 0.29) is 19.0 Å². The Labute approximate surface area is 178 Å². The number of hydrogen-bond acceptors (Lipinski definition) is 6. The molecule has 7 heteroatoms. The monoisotopic (exact) mass is 419 g/mol. The van der Waals surface area contributed by atoms with Crippen LogP contribution in [0.4, 0.5) is 0 Å². The Balaban J connectivity index is 1.25. The number of carbonyl (C=O) groups is 1. The fraction of sp³-hybridized carbons (Fsp3) is 0.261. The third kappa shape index (κ3) is 3.57. The van der Waals surface area contributed by atoms with Gasteiger partial charge in [-0.15, -0.1) is 11.3 Å². The van der Waals surface area contributed by atoms with E-state index in [1.54, 1.807) is 17.7 Å². The molecule has 4 aromatic rings. The number of aromatic nitrogens is 3. The summed E-state index contributed by atoms with van der Waals surface area (Å²) in [6.45, 7) is 2.91. The second kappa shape index (κ2) is 7.57. The van der Waals surface area contributed by atoms with Crippen molar-refractivity contribution in [3.8, 4) is 16.3 Å². The predicted octanol–water partition coefficient (Wildman–Crippen LogP) is 4.23. The second-order valence-electron chi connectivity index (χ2n) is 7.46. The Morgan fingerprint density at radius 1 is 1.27 bits per heavy atom. The molecule has 2 aromatic carbocycles. The molecule has 0 spiro atoms. The van der Waals surface area contributed by atoms with Gasteiger partial charge >= 0.3 is 5.97 Å². The minimum Gasteiger partial charge on any atom is -0.493 e. The van der Waals surface area contributed by atoms with E-state index in [0.717, 1.165) is 56.5 Å². The molecule has 0 atom stereocenters. The highest BCUT2D eigenvalue weighted by molar-refractivity contribution is 7.15. The summed E-state index contributed by atoms with van der Waals surface area (Å²) in [6, 6.07) is 12.1. The molecule has 0 fully saturated rings. The Bertz CT molecular complexity index is 1260. The van der Waals surface area contributed by atoms with E-state index in [1.807, 2.05) is 48.9 Å². The van der Waals surface area contributed by atoms with Gasteiger partial charge in [0, 0.05) is 23.9 Å². The van der Waals surface area contributed by atoms with Gasteiger partial charge in [0.2, 0.25) is 0 Å². The molecule has 30 heavy (non-hydrogen) atoms. The number of aryl methyl sites for hydroxylation is 2. The van der Waals surface area contributed by atoms with Gasteiger partial charge in [-0.3, -0.25) is 4.79 Å². The molecule has 0 N–H and O–H groups in total. The van der Waals surface area contributed by atoms with Crippen LogP contribution >= 0.6 is 11.3 Å². The lowest BCUT2D eigenvalue weighted by Crippen LogP contribution is -2.07. The van der Waals surface area contributed by atoms with Gasteiger partial charge in [-0.25, -0.2) is 9.97 Å². The number of fused-ring (bicyclic) bond motifs is 2. The SMILES string of the molecule is Cc1nc(-c2ccc3c(c2)CCO3)sc1CC(=O)OCc1ccc2c(c1)ncn2C. The van der Waals surface area contributed by atoms with Crippen LogP contribution in [0.1, 0.15) is 21.7 Å². The first-order valence-corrected chi connectivity index (χ1v) is 10.7. The van der Waals surface area contributed by atoms with Crippen molar-refractivity contribution in [1.29, 1.82) is 0 Å². The van der Waals surface area contributed by atoms with E-state index in [2.05, 4.69) is 16.0 Å². The van der Waals surface area contributed by atoms with Gasteiger partial charge in [-0.2, -0.15) is 0 Å². The van der Waals surface area contributed by atoms with Crippen molar-refractivity contribution in [1.82, 2.24) is 14.5 Å². The van der Waals surface area contributed by atoms with Gasteiger partial charge in [0.15, 0.2) is 0 Å². The van der Waals surface area contributed by atoms with Crippen molar-refractivity contribution in [2.24, 2.45) is 7.05 Å². The van der Waals surface area contributed by atoms with Gasteiger partial charge in [0.25, 0.3) is 0 Å². The lowest BCUT2D eigenvalue weighted by Gasteiger charge is -2.05. The Morgan fingerprint density at radius 2 is 2.17 bits per heavy atom. The van der Waals surface area contributed by atoms with Crippen molar-refractivity contribution < 1.29 is 14.3 Å². The third-order valence-electron chi connectivity index (χ3n) is 5.32. The number of rotatable bonds is 5. The number of imidazole rings is 1. The van der Waals surface area contributed by atoms with Crippen LogP contribution in [0.25, 0.3) is 21.6 Å². The maximum atomic E-state index is 12.4. The van der Waals surface area contributed by atoms with Crippen LogP contribution in [-0.2, 0) is 36.0 Å². The average Bonchev–Trinajstić information content (AvgIpc) is 3.45. The maximum Gasteiger partial charge on any atom is 0.311 e. The zero-order valence-electron chi connectivity index (χ0n) is 16.8. The predicted molar refractivity (Wildman–Crippen MR) is 116 cm³/mol. The summed E-state index contributed by atoms with van der Waals surface area (Å²) in [6.07, 6.45) is 2.93. The number of ether oxygens (including phenoxy) is 2. The van der Waals surface area contributed by atoms with Crippen molar-refractivity contribution in [2.75, 3.05) is 6.61 Å². The largest absolute Gasteiger partial charge is 0.493 e. The Morgan fingerprint density at radius 3 is 3.07 bits per heavy atom. The third-order valence-corrected chi connectivity index (χ3v) is 6.53. The van der Waals surface area contributed by atoms with Crippen LogP contribution < -0.4 is 4.74 Å². The zero-order valence-corrected chi connectivity index (χ0v) is 17.7. The molecule has 0 unspecified atom stereocenters. The molecule has 1 aliphatic rings. The molecule has 152 valence electrons. The number of benzene rings is 2. The van der Waals surface area contributed by atoms with E-state index in [9.17, 15) is 4.79 Å². The van der Waals surface area contributed by atoms with Crippen LogP contribution in [0, 0.1) is 6.92 Å². The summed E-state index contributed by atoms with van der Waals surface area (Å²) < 4.78 is 13.0. The lowest BCUT2D eigenvalue weighted by molar-refractivity contribution is -0.144. The summed E-state index contributed by atoms with van der Waals surface area (Å²) in [5.74, 6) is 0.705. The molecule has 0 amide bonds. The number of hydrogen-bond donors (Lipinski definition) is 0. The minimum absolute atomic E-state index is 0.226. The van der Waals surface area contributed by atoms with Crippen LogP contribution in [-0.4, -0.2) is 27.1 Å². The first kappa shape index (κ1) is 18.8. The molecule has 0 aliphatic carbocycles. The van der Waals surface area contributed by atoms with Crippen molar-refractivity contribution in [2.45, 2.75) is 26.4 Å². The maximum absolute atomic E-state index is 12.4. The molecule has 1 aliphatic heterocycles. The highest BCUT2D eigenvalue weighted by Crippen LogP contribution is 2.33. The van der Waals surface area contributed by atoms with Gasteiger partial charge in [-0.1, -0.05) is 6.07 Å². The zero-order chi connectivity index (χ0) is 20.7. The first-order valence-electron chi connectivity index (χ1n) is 9.85. The fourth-order valence-corrected chi connectivity index (χ4v) is 4.70. The number of carbonyl (C=O) groups excluding carboxylic acids is 1. The number of esters is 1. The quantitative estimate of drug-likeness (QED) is 0.453. The Kier molecular flexibility index (Phi) is 4.75. The molecule has 0 saturated heterocycles. The van der Waals surface area contributed by atoms with E-state index >= 15 is 0 Å². The smallest absolute Gasteiger partial charge is 0.311 e. The van der Waals surface area contributed by atoms with Crippen LogP contribution in [0.3, 0.4) is 0 Å². The second-order valence-corrected chi connectivity index (χ2v) is 8.55. The minimum atomic E-state index is -0.253. The summed E-state index contributed by atoms with van der Waals surface area (Å²) >= 11 is 1.55. The van der Waals surface area contributed by atoms with Gasteiger partial charge < -0.3 is 14.0 Å². The van der Waals surface area contributed by atoms with Crippen LogP contribution in [0.2, 0.25) is 0 Å². The topological polar surface area (TPSA) is 66.2 Å². The molecular weight excluding hydrogens is 398 g/mol. The van der Waals surface area contributed by atoms with E-state index in [1.165, 1.54) is 5.56 Å². The molecule has 3 heterocycles. The molecule has 0 radical (unpaired) electrons. The molecule has 5 rings (SSSR count). The first-order chi connectivity index (χ1) is 14.6. The van der Waals surface area contributed by atoms with Gasteiger partial charge in [-0.05, 0) is 48.4 Å². The molecular formula is C23H21N3O3S. The molecule has 6 nitrogen and oxygen atoms in total. The molecule has 0 saturated carbocycles. The van der Waals surface area contributed by atoms with Crippen molar-refractivity contribution >= 4 is 28.3 Å². The Hall–Kier alpha value is -3.19. The molecule has 2 aromatic heterocycles. The number of thiazole rings is 1. The summed E-state index contributed by atoms with van der Waals surface area (Å²) in [5, 5.41) is 0.922. The van der Waals surface area contributed by atoms with E-state index in [0.29, 0.717) is 0 Å². The number of nitrogens with zero attached hydrogens (tertiary/aromatic N) is 3. The molecule has 0 bridgehead atoms. The standard InChI is InChI=1S/C23H21N3O3S/c1-14-21(30-23(25-14)17-4-6-20-16(10-17)7-8-28-20)11-22(27)29-12-15-3-5-19-18(9-15)24-13-26(19)2/h3-6,9-10,13H,7-8,11-12H2,1-2H3. The van der Waals surface area contributed by atoms with Crippen molar-refractivity contribution in [3.63, 3.8) is 0 Å². The van der Waals surface area contributed by atoms with Crippen LogP contribution in [0.15, 0.2) is 42.7 Å². The van der Waals surface area contributed by atoms with Gasteiger partial charge in [0.1, 0.15) is 17.4 Å². The normalized spacial score (nSPS) is 12.7. The average molecular weight is 420 g/mol. The summed E-state index contributed by atoms with van der Waals surface area (Å²) in [7, 11) is 1.96. The summed E-state index contributed by atoms with van der Waals surface area (Å²) in [5.41, 5.74) is 6.03.